The van der Waals surface area contributed by atoms with E-state index < -0.39 is 0 Å². The van der Waals surface area contributed by atoms with Crippen molar-refractivity contribution in [2.75, 3.05) is 0 Å². The minimum Gasteiger partial charge on any atom is -0.456 e. The second kappa shape index (κ2) is 7.17. The van der Waals surface area contributed by atoms with Crippen LogP contribution in [-0.2, 0) is 0 Å². The fourth-order valence-electron chi connectivity index (χ4n) is 9.02. The molecule has 4 nitrogen and oxygen atoms in total. The van der Waals surface area contributed by atoms with Crippen LogP contribution in [0.2, 0.25) is 0 Å². The molecule has 0 saturated carbocycles. The Morgan fingerprint density at radius 2 is 0.696 bits per heavy atom. The van der Waals surface area contributed by atoms with Crippen molar-refractivity contribution in [1.29, 1.82) is 0 Å². The van der Waals surface area contributed by atoms with Crippen molar-refractivity contribution in [2.45, 2.75) is 0 Å². The van der Waals surface area contributed by atoms with E-state index in [0.29, 0.717) is 0 Å². The maximum absolute atomic E-state index is 6.38. The van der Waals surface area contributed by atoms with Crippen molar-refractivity contribution in [1.82, 2.24) is 8.80 Å². The zero-order valence-corrected chi connectivity index (χ0v) is 24.3. The number of nitrogens with zero attached hydrogens (tertiary/aromatic N) is 2. The summed E-state index contributed by atoms with van der Waals surface area (Å²) < 4.78 is 17.8. The number of benzene rings is 7. The molecule has 0 aliphatic rings. The van der Waals surface area contributed by atoms with Gasteiger partial charge in [-0.2, -0.15) is 0 Å². The second-order valence-corrected chi connectivity index (χ2v) is 12.8. The Bertz CT molecular complexity index is 3240. The van der Waals surface area contributed by atoms with E-state index >= 15 is 0 Å². The van der Waals surface area contributed by atoms with E-state index in [2.05, 4.69) is 118 Å². The standard InChI is InChI=1S/C42H20N2O2/c1-3-13-33-27(7-1)37-35(45-33)17-15-25-21-9-5-11-23-29-20-32-30(19-31(29)43(39(21)23)41(25)37)24-12-6-10-22-26-16-18-36-38(42(26)44(32)40(22)24)28-8-2-4-14-34(28)46-36/h1-20H. The van der Waals surface area contributed by atoms with Crippen molar-refractivity contribution in [3.63, 3.8) is 0 Å². The van der Waals surface area contributed by atoms with Crippen LogP contribution in [0.15, 0.2) is 130 Å². The molecular formula is C42H20N2O2. The lowest BCUT2D eigenvalue weighted by atomic mass is 10.0. The normalized spacial score (nSPS) is 13.2. The Labute approximate surface area is 258 Å². The predicted octanol–water partition coefficient (Wildman–Crippen LogP) is 11.8. The minimum absolute atomic E-state index is 0.923. The molecule has 0 amide bonds. The number of hydrogen-bond donors (Lipinski definition) is 0. The van der Waals surface area contributed by atoms with E-state index in [1.165, 1.54) is 87.0 Å². The van der Waals surface area contributed by atoms with Crippen LogP contribution in [0.1, 0.15) is 0 Å². The average Bonchev–Trinajstić information content (AvgIpc) is 3.92. The van der Waals surface area contributed by atoms with Crippen LogP contribution in [-0.4, -0.2) is 8.80 Å². The van der Waals surface area contributed by atoms with Gasteiger partial charge in [-0.1, -0.05) is 72.8 Å². The molecule has 210 valence electrons. The third-order valence-electron chi connectivity index (χ3n) is 10.8. The van der Waals surface area contributed by atoms with E-state index in [1.54, 1.807) is 0 Å². The Kier molecular flexibility index (Phi) is 3.47. The van der Waals surface area contributed by atoms with Gasteiger partial charge in [0.05, 0.1) is 43.9 Å². The Balaban J connectivity index is 1.31. The van der Waals surface area contributed by atoms with Gasteiger partial charge in [0.15, 0.2) is 0 Å². The predicted molar refractivity (Wildman–Crippen MR) is 190 cm³/mol. The van der Waals surface area contributed by atoms with E-state index in [4.69, 9.17) is 8.83 Å². The van der Waals surface area contributed by atoms with E-state index in [1.807, 2.05) is 12.1 Å². The van der Waals surface area contributed by atoms with Gasteiger partial charge in [0.1, 0.15) is 22.3 Å². The molecule has 0 fully saturated rings. The fourth-order valence-corrected chi connectivity index (χ4v) is 9.02. The number of rotatable bonds is 0. The van der Waals surface area contributed by atoms with Gasteiger partial charge in [0.2, 0.25) is 0 Å². The molecular weight excluding hydrogens is 564 g/mol. The number of aromatic nitrogens is 2. The van der Waals surface area contributed by atoms with Crippen molar-refractivity contribution in [2.24, 2.45) is 0 Å². The average molecular weight is 585 g/mol. The molecule has 0 N–H and O–H groups in total. The van der Waals surface area contributed by atoms with Gasteiger partial charge in [-0.05, 0) is 48.5 Å². The lowest BCUT2D eigenvalue weighted by Gasteiger charge is -2.03. The summed E-state index contributed by atoms with van der Waals surface area (Å²) in [5, 5.41) is 14.8. The minimum atomic E-state index is 0.923. The molecule has 6 heterocycles. The summed E-state index contributed by atoms with van der Waals surface area (Å²) in [7, 11) is 0. The zero-order valence-electron chi connectivity index (χ0n) is 24.3. The molecule has 0 bridgehead atoms. The molecule has 46 heavy (non-hydrogen) atoms. The van der Waals surface area contributed by atoms with Gasteiger partial charge in [-0.15, -0.1) is 0 Å². The summed E-state index contributed by atoms with van der Waals surface area (Å²) in [6, 6.07) is 44.0. The highest BCUT2D eigenvalue weighted by Gasteiger charge is 2.25. The number of furan rings is 2. The maximum atomic E-state index is 6.38. The molecule has 0 aliphatic heterocycles. The maximum Gasteiger partial charge on any atom is 0.137 e. The van der Waals surface area contributed by atoms with E-state index in [9.17, 15) is 0 Å². The van der Waals surface area contributed by atoms with Crippen LogP contribution in [0.3, 0.4) is 0 Å². The highest BCUT2D eigenvalue weighted by atomic mass is 16.3. The molecule has 0 radical (unpaired) electrons. The Hall–Kier alpha value is -6.26. The SMILES string of the molecule is c1ccc2c(c1)oc1ccc3c4cccc5c6cc7c(cc6n(c54)c3c12)c1cccc2c3ccc4oc5ccccc5c4c3n7c12. The molecule has 0 saturated heterocycles. The highest BCUT2D eigenvalue weighted by molar-refractivity contribution is 6.34. The third kappa shape index (κ3) is 2.27. The lowest BCUT2D eigenvalue weighted by molar-refractivity contribution is 0.669. The van der Waals surface area contributed by atoms with Crippen LogP contribution in [0.25, 0.3) is 120 Å². The van der Waals surface area contributed by atoms with Crippen LogP contribution in [0.4, 0.5) is 0 Å². The summed E-state index contributed by atoms with van der Waals surface area (Å²) in [5.74, 6) is 0. The second-order valence-electron chi connectivity index (χ2n) is 12.8. The third-order valence-corrected chi connectivity index (χ3v) is 10.8. The number of hydrogen-bond acceptors (Lipinski definition) is 2. The summed E-state index contributed by atoms with van der Waals surface area (Å²) >= 11 is 0. The molecule has 0 spiro atoms. The first-order chi connectivity index (χ1) is 22.8. The number of fused-ring (bicyclic) bond motifs is 20. The van der Waals surface area contributed by atoms with Crippen molar-refractivity contribution in [3.05, 3.63) is 121 Å². The molecule has 7 aromatic carbocycles. The smallest absolute Gasteiger partial charge is 0.137 e. The molecule has 0 unspecified atom stereocenters. The molecule has 13 aromatic rings. The monoisotopic (exact) mass is 584 g/mol. The van der Waals surface area contributed by atoms with Gasteiger partial charge in [0.25, 0.3) is 0 Å². The van der Waals surface area contributed by atoms with Gasteiger partial charge in [0, 0.05) is 53.9 Å². The molecule has 4 heteroatoms. The molecule has 0 atom stereocenters. The molecule has 13 rings (SSSR count). The van der Waals surface area contributed by atoms with Crippen molar-refractivity contribution < 1.29 is 8.83 Å². The van der Waals surface area contributed by atoms with Crippen LogP contribution >= 0.6 is 0 Å². The summed E-state index contributed by atoms with van der Waals surface area (Å²) in [6.07, 6.45) is 0. The quantitative estimate of drug-likeness (QED) is 0.178. The molecule has 6 aromatic heterocycles. The summed E-state index contributed by atoms with van der Waals surface area (Å²) in [5.41, 5.74) is 11.1. The van der Waals surface area contributed by atoms with Gasteiger partial charge in [-0.25, -0.2) is 0 Å². The Morgan fingerprint density at radius 1 is 0.304 bits per heavy atom. The van der Waals surface area contributed by atoms with Crippen LogP contribution in [0, 0.1) is 0 Å². The van der Waals surface area contributed by atoms with Crippen LogP contribution in [0.5, 0.6) is 0 Å². The van der Waals surface area contributed by atoms with Gasteiger partial charge >= 0.3 is 0 Å². The summed E-state index contributed by atoms with van der Waals surface area (Å²) in [6.45, 7) is 0. The first-order valence-electron chi connectivity index (χ1n) is 15.8. The van der Waals surface area contributed by atoms with Gasteiger partial charge < -0.3 is 17.6 Å². The lowest BCUT2D eigenvalue weighted by Crippen LogP contribution is -1.84. The van der Waals surface area contributed by atoms with Crippen LogP contribution < -0.4 is 0 Å². The topological polar surface area (TPSA) is 35.1 Å². The Morgan fingerprint density at radius 3 is 1.17 bits per heavy atom. The zero-order chi connectivity index (χ0) is 29.4. The van der Waals surface area contributed by atoms with Gasteiger partial charge in [-0.3, -0.25) is 0 Å². The first-order valence-corrected chi connectivity index (χ1v) is 15.8. The summed E-state index contributed by atoms with van der Waals surface area (Å²) in [4.78, 5) is 0. The largest absolute Gasteiger partial charge is 0.456 e. The first kappa shape index (κ1) is 22.3. The van der Waals surface area contributed by atoms with E-state index in [0.717, 1.165) is 33.1 Å². The fraction of sp³-hybridized carbons (Fsp3) is 0. The number of para-hydroxylation sites is 4. The molecule has 0 aliphatic carbocycles. The van der Waals surface area contributed by atoms with Crippen molar-refractivity contribution in [3.8, 4) is 0 Å². The van der Waals surface area contributed by atoms with E-state index in [-0.39, 0.29) is 0 Å². The highest BCUT2D eigenvalue weighted by Crippen LogP contribution is 2.48. The van der Waals surface area contributed by atoms with Crippen molar-refractivity contribution >= 4 is 120 Å².